The molecule has 78 valence electrons. The molecule has 0 aliphatic carbocycles. The molecule has 0 spiro atoms. The highest BCUT2D eigenvalue weighted by Gasteiger charge is 1.96. The number of unbranched alkanes of at least 4 members (excludes halogenated alkanes) is 2. The van der Waals surface area contributed by atoms with E-state index >= 15 is 0 Å². The molecule has 0 aliphatic heterocycles. The Morgan fingerprint density at radius 3 is 2.57 bits per heavy atom. The lowest BCUT2D eigenvalue weighted by Gasteiger charge is -1.99. The second kappa shape index (κ2) is 6.79. The van der Waals surface area contributed by atoms with Crippen LogP contribution in [0.2, 0.25) is 0 Å². The van der Waals surface area contributed by atoms with Gasteiger partial charge >= 0.3 is 0 Å². The maximum absolute atomic E-state index is 5.41. The zero-order valence-electron chi connectivity index (χ0n) is 8.57. The van der Waals surface area contributed by atoms with Crippen LogP contribution in [0.4, 0.5) is 0 Å². The first-order chi connectivity index (χ1) is 6.83. The van der Waals surface area contributed by atoms with Gasteiger partial charge in [-0.15, -0.1) is 0 Å². The average molecular weight is 211 g/mol. The fraction of sp³-hybridized carbons (Fsp3) is 0.600. The van der Waals surface area contributed by atoms with Gasteiger partial charge in [-0.3, -0.25) is 0 Å². The van der Waals surface area contributed by atoms with E-state index in [4.69, 9.17) is 5.73 Å². The summed E-state index contributed by atoms with van der Waals surface area (Å²) in [6.07, 6.45) is 7.23. The molecule has 1 aromatic heterocycles. The van der Waals surface area contributed by atoms with E-state index < -0.39 is 0 Å². The van der Waals surface area contributed by atoms with Crippen LogP contribution in [0, 0.1) is 6.92 Å². The van der Waals surface area contributed by atoms with Crippen molar-refractivity contribution in [1.82, 2.24) is 9.97 Å². The third-order valence-corrected chi connectivity index (χ3v) is 2.80. The molecular formula is C10H17N3S. The Balaban J connectivity index is 2.15. The summed E-state index contributed by atoms with van der Waals surface area (Å²) in [5.41, 5.74) is 6.52. The van der Waals surface area contributed by atoms with Gasteiger partial charge in [0.2, 0.25) is 0 Å². The van der Waals surface area contributed by atoms with E-state index in [-0.39, 0.29) is 0 Å². The molecule has 0 atom stereocenters. The molecule has 2 N–H and O–H groups in total. The van der Waals surface area contributed by atoms with Gasteiger partial charge in [-0.25, -0.2) is 9.97 Å². The molecule has 0 aliphatic rings. The van der Waals surface area contributed by atoms with E-state index in [1.165, 1.54) is 12.8 Å². The maximum atomic E-state index is 5.41. The minimum atomic E-state index is 0.797. The molecule has 0 saturated carbocycles. The van der Waals surface area contributed by atoms with Crippen LogP contribution in [0.1, 0.15) is 24.8 Å². The van der Waals surface area contributed by atoms with E-state index in [2.05, 4.69) is 9.97 Å². The molecule has 1 heterocycles. The van der Waals surface area contributed by atoms with Crippen molar-refractivity contribution in [3.63, 3.8) is 0 Å². The van der Waals surface area contributed by atoms with E-state index in [1.807, 2.05) is 19.3 Å². The zero-order valence-corrected chi connectivity index (χ0v) is 9.39. The van der Waals surface area contributed by atoms with Gasteiger partial charge in [0.1, 0.15) is 0 Å². The number of nitrogens with two attached hydrogens (primary N) is 1. The summed E-state index contributed by atoms with van der Waals surface area (Å²) in [6.45, 7) is 2.79. The standard InChI is InChI=1S/C10H17N3S/c1-9-7-12-10(13-8-9)14-6-4-2-3-5-11/h7-8H,2-6,11H2,1H3. The van der Waals surface area contributed by atoms with E-state index in [9.17, 15) is 0 Å². The molecular weight excluding hydrogens is 194 g/mol. The van der Waals surface area contributed by atoms with Crippen LogP contribution in [-0.2, 0) is 0 Å². The van der Waals surface area contributed by atoms with Crippen LogP contribution >= 0.6 is 11.8 Å². The predicted molar refractivity (Wildman–Crippen MR) is 60.4 cm³/mol. The summed E-state index contributed by atoms with van der Waals surface area (Å²) in [5.74, 6) is 1.09. The predicted octanol–water partition coefficient (Wildman–Crippen LogP) is 2.01. The Bertz CT molecular complexity index is 248. The highest BCUT2D eigenvalue weighted by Crippen LogP contribution is 2.14. The van der Waals surface area contributed by atoms with Crippen molar-refractivity contribution in [2.45, 2.75) is 31.3 Å². The Kier molecular flexibility index (Phi) is 5.56. The molecule has 4 heteroatoms. The van der Waals surface area contributed by atoms with Crippen LogP contribution in [0.3, 0.4) is 0 Å². The largest absolute Gasteiger partial charge is 0.330 e. The highest BCUT2D eigenvalue weighted by atomic mass is 32.2. The average Bonchev–Trinajstić information content (AvgIpc) is 2.21. The lowest BCUT2D eigenvalue weighted by atomic mass is 10.2. The number of nitrogens with zero attached hydrogens (tertiary/aromatic N) is 2. The Morgan fingerprint density at radius 1 is 1.21 bits per heavy atom. The van der Waals surface area contributed by atoms with Gasteiger partial charge in [-0.1, -0.05) is 18.2 Å². The number of hydrogen-bond donors (Lipinski definition) is 1. The van der Waals surface area contributed by atoms with Crippen LogP contribution in [0.25, 0.3) is 0 Å². The smallest absolute Gasteiger partial charge is 0.187 e. The summed E-state index contributed by atoms with van der Waals surface area (Å²) in [6, 6.07) is 0. The van der Waals surface area contributed by atoms with Gasteiger partial charge in [0.25, 0.3) is 0 Å². The third kappa shape index (κ3) is 4.58. The van der Waals surface area contributed by atoms with E-state index in [1.54, 1.807) is 11.8 Å². The minimum Gasteiger partial charge on any atom is -0.330 e. The summed E-state index contributed by atoms with van der Waals surface area (Å²) >= 11 is 1.72. The van der Waals surface area contributed by atoms with Gasteiger partial charge < -0.3 is 5.73 Å². The molecule has 3 nitrogen and oxygen atoms in total. The van der Waals surface area contributed by atoms with Gasteiger partial charge in [0.15, 0.2) is 5.16 Å². The molecule has 0 bridgehead atoms. The first-order valence-corrected chi connectivity index (χ1v) is 5.93. The summed E-state index contributed by atoms with van der Waals surface area (Å²) in [4.78, 5) is 8.45. The van der Waals surface area contributed by atoms with Crippen LogP contribution in [0.5, 0.6) is 0 Å². The van der Waals surface area contributed by atoms with Crippen LogP contribution in [0.15, 0.2) is 17.6 Å². The zero-order chi connectivity index (χ0) is 10.2. The summed E-state index contributed by atoms with van der Waals surface area (Å²) in [5, 5.41) is 0.878. The summed E-state index contributed by atoms with van der Waals surface area (Å²) in [7, 11) is 0. The Labute approximate surface area is 89.5 Å². The quantitative estimate of drug-likeness (QED) is 0.444. The van der Waals surface area contributed by atoms with Crippen molar-refractivity contribution >= 4 is 11.8 Å². The number of aromatic nitrogens is 2. The molecule has 0 fully saturated rings. The fourth-order valence-corrected chi connectivity index (χ4v) is 1.83. The number of hydrogen-bond acceptors (Lipinski definition) is 4. The third-order valence-electron chi connectivity index (χ3n) is 1.84. The lowest BCUT2D eigenvalue weighted by Crippen LogP contribution is -1.98. The van der Waals surface area contributed by atoms with Crippen molar-refractivity contribution in [1.29, 1.82) is 0 Å². The normalized spacial score (nSPS) is 10.4. The molecule has 0 radical (unpaired) electrons. The molecule has 0 unspecified atom stereocenters. The lowest BCUT2D eigenvalue weighted by molar-refractivity contribution is 0.731. The number of thioether (sulfide) groups is 1. The molecule has 0 saturated heterocycles. The van der Waals surface area contributed by atoms with Crippen molar-refractivity contribution in [2.75, 3.05) is 12.3 Å². The van der Waals surface area contributed by atoms with Gasteiger partial charge in [-0.05, 0) is 31.9 Å². The van der Waals surface area contributed by atoms with E-state index in [0.29, 0.717) is 0 Å². The molecule has 0 aromatic carbocycles. The SMILES string of the molecule is Cc1cnc(SCCCCCN)nc1. The topological polar surface area (TPSA) is 51.8 Å². The van der Waals surface area contributed by atoms with E-state index in [0.717, 1.165) is 29.4 Å². The van der Waals surface area contributed by atoms with Gasteiger partial charge in [0.05, 0.1) is 0 Å². The Hall–Kier alpha value is -0.610. The molecule has 14 heavy (non-hydrogen) atoms. The first-order valence-electron chi connectivity index (χ1n) is 4.94. The monoisotopic (exact) mass is 211 g/mol. The van der Waals surface area contributed by atoms with Crippen LogP contribution < -0.4 is 5.73 Å². The van der Waals surface area contributed by atoms with Gasteiger partial charge in [-0.2, -0.15) is 0 Å². The Morgan fingerprint density at radius 2 is 1.93 bits per heavy atom. The number of aryl methyl sites for hydroxylation is 1. The molecule has 1 aromatic rings. The van der Waals surface area contributed by atoms with Gasteiger partial charge in [0, 0.05) is 18.1 Å². The molecule has 1 rings (SSSR count). The first kappa shape index (κ1) is 11.5. The van der Waals surface area contributed by atoms with Crippen molar-refractivity contribution in [3.8, 4) is 0 Å². The van der Waals surface area contributed by atoms with Crippen molar-refractivity contribution in [3.05, 3.63) is 18.0 Å². The highest BCUT2D eigenvalue weighted by molar-refractivity contribution is 7.99. The second-order valence-corrected chi connectivity index (χ2v) is 4.30. The maximum Gasteiger partial charge on any atom is 0.187 e. The van der Waals surface area contributed by atoms with Crippen LogP contribution in [-0.4, -0.2) is 22.3 Å². The van der Waals surface area contributed by atoms with Crippen molar-refractivity contribution in [2.24, 2.45) is 5.73 Å². The molecule has 0 amide bonds. The van der Waals surface area contributed by atoms with Crippen molar-refractivity contribution < 1.29 is 0 Å². The number of rotatable bonds is 6. The summed E-state index contributed by atoms with van der Waals surface area (Å²) < 4.78 is 0. The second-order valence-electron chi connectivity index (χ2n) is 3.24. The fourth-order valence-electron chi connectivity index (χ4n) is 1.04. The minimum absolute atomic E-state index is 0.797.